The van der Waals surface area contributed by atoms with E-state index in [1.165, 1.54) is 0 Å². The lowest BCUT2D eigenvalue weighted by Gasteiger charge is -2.04. The summed E-state index contributed by atoms with van der Waals surface area (Å²) >= 11 is 0. The molecular weight excluding hydrogens is 286 g/mol. The van der Waals surface area contributed by atoms with Crippen molar-refractivity contribution in [1.82, 2.24) is 0 Å². The Morgan fingerprint density at radius 1 is 0.870 bits per heavy atom. The molecule has 0 unspecified atom stereocenters. The molecule has 0 saturated carbocycles. The molecule has 1 heterocycles. The topological polar surface area (TPSA) is 45.7 Å². The molecular formula is C20H15NO2. The molecule has 0 atom stereocenters. The van der Waals surface area contributed by atoms with E-state index in [2.05, 4.69) is 23.4 Å². The van der Waals surface area contributed by atoms with E-state index in [-0.39, 0.29) is 0 Å². The summed E-state index contributed by atoms with van der Waals surface area (Å²) in [6, 6.07) is 22.2. The van der Waals surface area contributed by atoms with Gasteiger partial charge in [0.05, 0.1) is 5.71 Å². The summed E-state index contributed by atoms with van der Waals surface area (Å²) < 4.78 is 6.07. The van der Waals surface area contributed by atoms with Gasteiger partial charge in [-0.05, 0) is 24.1 Å². The number of nitrogens with zero attached hydrogens (tertiary/aromatic N) is 1. The van der Waals surface area contributed by atoms with Crippen molar-refractivity contribution < 1.29 is 9.62 Å². The van der Waals surface area contributed by atoms with Gasteiger partial charge in [0.2, 0.25) is 0 Å². The minimum absolute atomic E-state index is 0.596. The van der Waals surface area contributed by atoms with Crippen LogP contribution in [0.5, 0.6) is 0 Å². The molecule has 0 fully saturated rings. The van der Waals surface area contributed by atoms with E-state index in [9.17, 15) is 0 Å². The lowest BCUT2D eigenvalue weighted by molar-refractivity contribution is 0.319. The van der Waals surface area contributed by atoms with E-state index in [0.29, 0.717) is 5.71 Å². The van der Waals surface area contributed by atoms with Crippen molar-refractivity contribution >= 4 is 27.7 Å². The van der Waals surface area contributed by atoms with Crippen LogP contribution in [0.15, 0.2) is 76.3 Å². The average Bonchev–Trinajstić information content (AvgIpc) is 3.00. The minimum atomic E-state index is 0.596. The molecule has 0 aliphatic rings. The zero-order valence-corrected chi connectivity index (χ0v) is 12.7. The van der Waals surface area contributed by atoms with Crippen molar-refractivity contribution in [3.63, 3.8) is 0 Å². The van der Waals surface area contributed by atoms with E-state index < -0.39 is 0 Å². The Kier molecular flexibility index (Phi) is 3.12. The summed E-state index contributed by atoms with van der Waals surface area (Å²) in [4.78, 5) is 0. The fourth-order valence-electron chi connectivity index (χ4n) is 2.92. The van der Waals surface area contributed by atoms with Crippen LogP contribution in [0.2, 0.25) is 0 Å². The molecule has 0 radical (unpaired) electrons. The molecule has 0 saturated heterocycles. The first-order valence-corrected chi connectivity index (χ1v) is 7.47. The largest absolute Gasteiger partial charge is 0.455 e. The average molecular weight is 301 g/mol. The first-order chi connectivity index (χ1) is 11.3. The Bertz CT molecular complexity index is 1030. The highest BCUT2D eigenvalue weighted by atomic mass is 16.4. The van der Waals surface area contributed by atoms with Crippen molar-refractivity contribution in [2.75, 3.05) is 0 Å². The van der Waals surface area contributed by atoms with Gasteiger partial charge < -0.3 is 9.62 Å². The number of rotatable bonds is 2. The summed E-state index contributed by atoms with van der Waals surface area (Å²) in [5.41, 5.74) is 5.42. The second kappa shape index (κ2) is 5.29. The number of hydrogen-bond donors (Lipinski definition) is 1. The van der Waals surface area contributed by atoms with E-state index in [4.69, 9.17) is 9.62 Å². The summed E-state index contributed by atoms with van der Waals surface area (Å²) in [6.45, 7) is 1.77. The third kappa shape index (κ3) is 2.18. The zero-order chi connectivity index (χ0) is 15.8. The van der Waals surface area contributed by atoms with E-state index in [1.54, 1.807) is 6.92 Å². The van der Waals surface area contributed by atoms with E-state index in [0.717, 1.165) is 38.6 Å². The van der Waals surface area contributed by atoms with Crippen LogP contribution in [-0.4, -0.2) is 10.9 Å². The van der Waals surface area contributed by atoms with Crippen molar-refractivity contribution in [3.8, 4) is 11.1 Å². The quantitative estimate of drug-likeness (QED) is 0.304. The second-order valence-corrected chi connectivity index (χ2v) is 5.54. The summed E-state index contributed by atoms with van der Waals surface area (Å²) in [5.74, 6) is 0. The number of oxime groups is 1. The zero-order valence-electron chi connectivity index (χ0n) is 12.7. The van der Waals surface area contributed by atoms with E-state index in [1.807, 2.05) is 48.5 Å². The lowest BCUT2D eigenvalue weighted by Crippen LogP contribution is -1.93. The van der Waals surface area contributed by atoms with Crippen LogP contribution in [0.1, 0.15) is 12.5 Å². The summed E-state index contributed by atoms with van der Waals surface area (Å²) in [7, 11) is 0. The smallest absolute Gasteiger partial charge is 0.143 e. The third-order valence-electron chi connectivity index (χ3n) is 4.17. The number of benzene rings is 3. The van der Waals surface area contributed by atoms with Gasteiger partial charge in [-0.1, -0.05) is 65.8 Å². The number of fused-ring (bicyclic) bond motifs is 3. The van der Waals surface area contributed by atoms with Gasteiger partial charge >= 0.3 is 0 Å². The van der Waals surface area contributed by atoms with Gasteiger partial charge in [0.1, 0.15) is 11.2 Å². The Morgan fingerprint density at radius 2 is 1.61 bits per heavy atom. The Hall–Kier alpha value is -3.07. The highest BCUT2D eigenvalue weighted by Crippen LogP contribution is 2.35. The first-order valence-electron chi connectivity index (χ1n) is 7.47. The van der Waals surface area contributed by atoms with Crippen molar-refractivity contribution in [3.05, 3.63) is 72.3 Å². The molecule has 0 aliphatic carbocycles. The van der Waals surface area contributed by atoms with Crippen LogP contribution in [0, 0.1) is 0 Å². The molecule has 3 nitrogen and oxygen atoms in total. The third-order valence-corrected chi connectivity index (χ3v) is 4.17. The fraction of sp³-hybridized carbons (Fsp3) is 0.0500. The van der Waals surface area contributed by atoms with Gasteiger partial charge in [-0.25, -0.2) is 0 Å². The van der Waals surface area contributed by atoms with Gasteiger partial charge in [-0.2, -0.15) is 0 Å². The van der Waals surface area contributed by atoms with Crippen LogP contribution in [0.25, 0.3) is 33.1 Å². The van der Waals surface area contributed by atoms with Crippen molar-refractivity contribution in [2.45, 2.75) is 6.92 Å². The summed E-state index contributed by atoms with van der Waals surface area (Å²) in [6.07, 6.45) is 0. The van der Waals surface area contributed by atoms with Gasteiger partial charge in [-0.15, -0.1) is 0 Å². The Labute approximate surface area is 133 Å². The molecule has 4 rings (SSSR count). The fourth-order valence-corrected chi connectivity index (χ4v) is 2.92. The van der Waals surface area contributed by atoms with Gasteiger partial charge in [0, 0.05) is 16.3 Å². The maximum absolute atomic E-state index is 8.87. The molecule has 4 aromatic rings. The predicted octanol–water partition coefficient (Wildman–Crippen LogP) is 5.45. The second-order valence-electron chi connectivity index (χ2n) is 5.54. The van der Waals surface area contributed by atoms with Crippen LogP contribution < -0.4 is 0 Å². The monoisotopic (exact) mass is 301 g/mol. The highest BCUT2D eigenvalue weighted by molar-refractivity contribution is 6.09. The normalized spacial score (nSPS) is 12.1. The van der Waals surface area contributed by atoms with Crippen molar-refractivity contribution in [2.24, 2.45) is 5.16 Å². The van der Waals surface area contributed by atoms with Gasteiger partial charge in [0.25, 0.3) is 0 Å². The SMILES string of the molecule is CC(=NO)c1ccc(-c2cccc3c2oc2ccccc23)cc1. The number of hydrogen-bond acceptors (Lipinski definition) is 3. The number of furan rings is 1. The van der Waals surface area contributed by atoms with Crippen LogP contribution in [-0.2, 0) is 0 Å². The van der Waals surface area contributed by atoms with Gasteiger partial charge in [-0.3, -0.25) is 0 Å². The van der Waals surface area contributed by atoms with Crippen LogP contribution in [0.4, 0.5) is 0 Å². The summed E-state index contributed by atoms with van der Waals surface area (Å²) in [5, 5.41) is 14.4. The molecule has 23 heavy (non-hydrogen) atoms. The van der Waals surface area contributed by atoms with Crippen LogP contribution >= 0.6 is 0 Å². The highest BCUT2D eigenvalue weighted by Gasteiger charge is 2.11. The molecule has 112 valence electrons. The molecule has 0 bridgehead atoms. The number of para-hydroxylation sites is 2. The molecule has 1 N–H and O–H groups in total. The maximum Gasteiger partial charge on any atom is 0.143 e. The predicted molar refractivity (Wildman–Crippen MR) is 93.2 cm³/mol. The van der Waals surface area contributed by atoms with E-state index >= 15 is 0 Å². The maximum atomic E-state index is 8.87. The molecule has 3 aromatic carbocycles. The molecule has 1 aromatic heterocycles. The lowest BCUT2D eigenvalue weighted by atomic mass is 10.0. The van der Waals surface area contributed by atoms with Crippen molar-refractivity contribution in [1.29, 1.82) is 0 Å². The van der Waals surface area contributed by atoms with Gasteiger partial charge in [0.15, 0.2) is 0 Å². The minimum Gasteiger partial charge on any atom is -0.455 e. The van der Waals surface area contributed by atoms with Crippen LogP contribution in [0.3, 0.4) is 0 Å². The molecule has 0 spiro atoms. The first kappa shape index (κ1) is 13.6. The Balaban J connectivity index is 1.92. The molecule has 0 aliphatic heterocycles. The standard InChI is InChI=1S/C20H15NO2/c1-13(21-22)14-9-11-15(12-10-14)16-6-4-7-18-17-5-2-3-8-19(17)23-20(16)18/h2-12,22H,1H3. The molecule has 0 amide bonds. The molecule has 3 heteroatoms. The Morgan fingerprint density at radius 3 is 2.39 bits per heavy atom.